The van der Waals surface area contributed by atoms with Crippen molar-refractivity contribution in [1.82, 2.24) is 0 Å². The Balaban J connectivity index is -0.000000285. The Morgan fingerprint density at radius 1 is 0.327 bits per heavy atom. The third-order valence-corrected chi connectivity index (χ3v) is 38.9. The molecule has 0 aromatic carbocycles. The second kappa shape index (κ2) is 66.1. The molecule has 33 nitrogen and oxygen atoms in total. The smallest absolute Gasteiger partial charge is 0.463 e. The highest BCUT2D eigenvalue weighted by atomic mass is 28.4. The highest BCUT2D eigenvalue weighted by Crippen LogP contribution is 2.27. The van der Waals surface area contributed by atoms with Crippen LogP contribution >= 0.6 is 0 Å². The molecule has 0 heterocycles. The van der Waals surface area contributed by atoms with E-state index in [2.05, 4.69) is 37.7 Å². The molecule has 0 spiro atoms. The van der Waals surface area contributed by atoms with E-state index in [1.54, 1.807) is 119 Å². The Kier molecular flexibility index (Phi) is 71.3. The third-order valence-electron chi connectivity index (χ3n) is 14.4. The normalized spacial score (nSPS) is 12.2. The Morgan fingerprint density at radius 3 is 0.721 bits per heavy atom. The highest BCUT2D eigenvalue weighted by molar-refractivity contribution is 6.77. The zero-order valence-electron chi connectivity index (χ0n) is 68.0. The first kappa shape index (κ1) is 112. The van der Waals surface area contributed by atoms with Crippen molar-refractivity contribution in [2.45, 2.75) is 110 Å². The van der Waals surface area contributed by atoms with E-state index in [0.717, 1.165) is 23.8 Å². The van der Waals surface area contributed by atoms with Gasteiger partial charge in [0.05, 0.1) is 26.4 Å². The molecule has 0 aliphatic carbocycles. The standard InChI is InChI=1S/C16H32O10Si2.C12H28O4Si2.C10H24O6Si2.C10H20O5Si.C9H18O5Si.C5H12O3Si/c1-19-27(20-2,21-3)13-7-11-25-15(17)9-10-16(18)26-12-8-14-28(22-4,23-5)24-6;1-7-13-17(5,14-8-2)11-12-18(6,15-9-3)16-10-4;1-10(8-17(11-2,12-3)13-4)9-18(14-5,15-6)16-7;1-9(2)10(11)15-7-6-8-16(12-3,13-4)14-5;1-5-9(10)14-7-6-8-15(11-2,12-3)13-4;1-5-9(6-2,7-3)8-4/h9-10H,7-8,11-14H2,1-6H3;11-12H,7-10H2,1-6H3;1,8-9H2,2-7H3;1,6-8H2,2-5H3;5H,1,6-8H2,2-4H3;5H,1H2,2-4H3/b10-9+;12-11+;;;;. The first-order chi connectivity index (χ1) is 49.2. The summed E-state index contributed by atoms with van der Waals surface area (Å²) < 4.78 is 153. The lowest BCUT2D eigenvalue weighted by atomic mass is 10.4. The van der Waals surface area contributed by atoms with Gasteiger partial charge in [-0.25, -0.2) is 19.2 Å². The second-order valence-corrected chi connectivity index (χ2v) is 47.7. The van der Waals surface area contributed by atoms with Gasteiger partial charge in [0.1, 0.15) is 0 Å². The maximum absolute atomic E-state index is 11.6. The van der Waals surface area contributed by atoms with Gasteiger partial charge in [0, 0.05) is 236 Å². The Labute approximate surface area is 632 Å². The van der Waals surface area contributed by atoms with Crippen LogP contribution < -0.4 is 0 Å². The van der Waals surface area contributed by atoms with Crippen LogP contribution in [-0.2, 0) is 149 Å². The maximum Gasteiger partial charge on any atom is 0.528 e. The second-order valence-electron chi connectivity index (χ2n) is 20.8. The molecule has 0 aliphatic rings. The van der Waals surface area contributed by atoms with Crippen LogP contribution in [0.4, 0.5) is 0 Å². The van der Waals surface area contributed by atoms with E-state index < -0.39 is 96.7 Å². The van der Waals surface area contributed by atoms with E-state index in [9.17, 15) is 19.2 Å². The van der Waals surface area contributed by atoms with Gasteiger partial charge in [-0.3, -0.25) is 0 Å². The van der Waals surface area contributed by atoms with Crippen molar-refractivity contribution in [1.29, 1.82) is 0 Å². The Hall–Kier alpha value is -2.73. The van der Waals surface area contributed by atoms with Crippen molar-refractivity contribution in [3.8, 4) is 0 Å². The highest BCUT2D eigenvalue weighted by Gasteiger charge is 2.45. The molecule has 0 radical (unpaired) electrons. The van der Waals surface area contributed by atoms with Crippen LogP contribution in [0.3, 0.4) is 0 Å². The van der Waals surface area contributed by atoms with Crippen LogP contribution in [0.25, 0.3) is 0 Å². The average Bonchev–Trinajstić information content (AvgIpc) is 0.860. The zero-order valence-corrected chi connectivity index (χ0v) is 77.0. The van der Waals surface area contributed by atoms with Gasteiger partial charge in [0.2, 0.25) is 0 Å². The average molecular weight is 1660 g/mol. The lowest BCUT2D eigenvalue weighted by Crippen LogP contribution is -2.46. The molecule has 104 heavy (non-hydrogen) atoms. The topological polar surface area (TPSA) is 336 Å². The molecule has 0 bridgehead atoms. The van der Waals surface area contributed by atoms with Crippen LogP contribution in [0.1, 0.15) is 60.3 Å². The number of esters is 4. The maximum atomic E-state index is 11.6. The molecule has 0 saturated heterocycles. The molecular formula is C62H134O33Si9. The molecule has 42 heteroatoms. The van der Waals surface area contributed by atoms with Crippen LogP contribution in [-0.4, -0.2) is 305 Å². The Morgan fingerprint density at radius 2 is 0.548 bits per heavy atom. The fourth-order valence-electron chi connectivity index (χ4n) is 8.31. The monoisotopic (exact) mass is 1660 g/mol. The van der Waals surface area contributed by atoms with E-state index in [1.807, 2.05) is 40.8 Å². The van der Waals surface area contributed by atoms with E-state index in [1.165, 1.54) is 42.7 Å². The van der Waals surface area contributed by atoms with Crippen LogP contribution in [0.2, 0.25) is 49.4 Å². The molecule has 0 unspecified atom stereocenters. The predicted octanol–water partition coefficient (Wildman–Crippen LogP) is 8.32. The van der Waals surface area contributed by atoms with Crippen molar-refractivity contribution in [3.63, 3.8) is 0 Å². The van der Waals surface area contributed by atoms with Crippen molar-refractivity contribution >= 4 is 103 Å². The van der Waals surface area contributed by atoms with Gasteiger partial charge in [0.15, 0.2) is 0 Å². The summed E-state index contributed by atoms with van der Waals surface area (Å²) in [5.41, 5.74) is 6.94. The van der Waals surface area contributed by atoms with Gasteiger partial charge in [0.25, 0.3) is 0 Å². The lowest BCUT2D eigenvalue weighted by Gasteiger charge is -2.28. The van der Waals surface area contributed by atoms with Gasteiger partial charge in [-0.15, -0.1) is 0 Å². The minimum atomic E-state index is -2.67. The van der Waals surface area contributed by atoms with Gasteiger partial charge < -0.3 is 130 Å². The first-order valence-corrected chi connectivity index (χ1v) is 51.1. The summed E-state index contributed by atoms with van der Waals surface area (Å²) in [4.78, 5) is 45.0. The lowest BCUT2D eigenvalue weighted by molar-refractivity contribution is -0.140. The molecule has 0 rings (SSSR count). The summed E-state index contributed by atoms with van der Waals surface area (Å²) in [5.74, 6) is -2.07. The van der Waals surface area contributed by atoms with Gasteiger partial charge >= 0.3 is 103 Å². The SMILES string of the molecule is C=C(C)C(=O)OCCC[Si](OC)(OC)OC.C=C(C[Si](OC)(OC)OC)C[Si](OC)(OC)OC.C=CC(=O)OCCC[Si](OC)(OC)OC.C=C[Si](OC)(OC)OC.CCO[Si](C)(/C=C/[Si](C)(OCC)OCC)OCC.CO[Si](CCCOC(=O)/C=C/C(=O)OCCC[Si](OC)(OC)OC)(OC)OC. The van der Waals surface area contributed by atoms with E-state index in [4.69, 9.17) is 130 Å². The molecule has 0 atom stereocenters. The molecule has 0 N–H and O–H groups in total. The van der Waals surface area contributed by atoms with Gasteiger partial charge in [-0.2, -0.15) is 0 Å². The summed E-state index contributed by atoms with van der Waals surface area (Å²) in [6.45, 7) is 31.6. The fraction of sp³-hybridized carbons (Fsp3) is 0.742. The number of hydrogen-bond donors (Lipinski definition) is 0. The number of carbonyl (C=O) groups excluding carboxylic acids is 4. The largest absolute Gasteiger partial charge is 0.528 e. The number of hydrogen-bond acceptors (Lipinski definition) is 33. The van der Waals surface area contributed by atoms with Crippen LogP contribution in [0.15, 0.2) is 72.8 Å². The third kappa shape index (κ3) is 49.4. The van der Waals surface area contributed by atoms with E-state index in [-0.39, 0.29) is 19.2 Å². The Bertz CT molecular complexity index is 2110. The number of carbonyl (C=O) groups is 4. The van der Waals surface area contributed by atoms with Crippen molar-refractivity contribution in [3.05, 3.63) is 72.8 Å². The number of rotatable bonds is 56. The molecular weight excluding hydrogens is 1530 g/mol. The summed E-state index contributed by atoms with van der Waals surface area (Å²) in [5, 5.41) is 0. The van der Waals surface area contributed by atoms with Crippen LogP contribution in [0.5, 0.6) is 0 Å². The minimum absolute atomic E-state index is 0.154. The van der Waals surface area contributed by atoms with Crippen molar-refractivity contribution < 1.29 is 149 Å². The summed E-state index contributed by atoms with van der Waals surface area (Å²) in [6, 6.07) is 3.24. The molecule has 616 valence electrons. The summed E-state index contributed by atoms with van der Waals surface area (Å²) >= 11 is 0. The van der Waals surface area contributed by atoms with Gasteiger partial charge in [-0.05, 0) is 90.5 Å². The fourth-order valence-corrected chi connectivity index (χ4v) is 24.9. The zero-order chi connectivity index (χ0) is 81.4. The number of allylic oxidation sites excluding steroid dienone is 1. The summed E-state index contributed by atoms with van der Waals surface area (Å²) in [6.07, 6.45) is 5.48. The van der Waals surface area contributed by atoms with Gasteiger partial charge in [-0.1, -0.05) is 31.9 Å². The van der Waals surface area contributed by atoms with E-state index in [0.29, 0.717) is 107 Å². The molecule has 0 saturated carbocycles. The molecule has 0 amide bonds. The molecule has 0 aromatic rings. The predicted molar refractivity (Wildman–Crippen MR) is 411 cm³/mol. The quantitative estimate of drug-likeness (QED) is 0.0138. The molecule has 0 aliphatic heterocycles. The van der Waals surface area contributed by atoms with Crippen molar-refractivity contribution in [2.24, 2.45) is 0 Å². The van der Waals surface area contributed by atoms with Crippen molar-refractivity contribution in [2.75, 3.05) is 202 Å². The molecule has 0 fully saturated rings. The molecule has 0 aromatic heterocycles. The van der Waals surface area contributed by atoms with E-state index >= 15 is 0 Å². The summed E-state index contributed by atoms with van der Waals surface area (Å²) in [7, 11) is 9.86. The van der Waals surface area contributed by atoms with Crippen LogP contribution in [0, 0.1) is 0 Å². The minimum Gasteiger partial charge on any atom is -0.463 e. The number of ether oxygens (including phenoxy) is 4. The first-order valence-electron chi connectivity index (χ1n) is 32.9.